The summed E-state index contributed by atoms with van der Waals surface area (Å²) in [6.45, 7) is 4.02. The molecule has 1 amide bonds. The molecule has 12 nitrogen and oxygen atoms in total. The summed E-state index contributed by atoms with van der Waals surface area (Å²) in [7, 11) is 0. The second kappa shape index (κ2) is 7.53. The van der Waals surface area contributed by atoms with Gasteiger partial charge in [0.05, 0.1) is 22.4 Å². The fourth-order valence-corrected chi connectivity index (χ4v) is 4.05. The van der Waals surface area contributed by atoms with Crippen LogP contribution in [0.5, 0.6) is 5.75 Å². The molecule has 0 aliphatic carbocycles. The van der Waals surface area contributed by atoms with E-state index in [1.165, 1.54) is 0 Å². The van der Waals surface area contributed by atoms with Crippen LogP contribution in [-0.4, -0.2) is 55.3 Å². The molecule has 0 unspecified atom stereocenters. The molecule has 0 aromatic carbocycles. The van der Waals surface area contributed by atoms with Crippen molar-refractivity contribution in [2.75, 3.05) is 0 Å². The highest BCUT2D eigenvalue weighted by molar-refractivity contribution is 7.09. The smallest absolute Gasteiger partial charge is 0.285 e. The van der Waals surface area contributed by atoms with Gasteiger partial charge in [-0.15, -0.1) is 11.3 Å². The van der Waals surface area contributed by atoms with E-state index in [1.54, 1.807) is 52.9 Å². The van der Waals surface area contributed by atoms with E-state index >= 15 is 0 Å². The Morgan fingerprint density at radius 3 is 2.88 bits per heavy atom. The van der Waals surface area contributed by atoms with Gasteiger partial charge < -0.3 is 10.8 Å². The number of fused-ring (bicyclic) bond motifs is 1. The summed E-state index contributed by atoms with van der Waals surface area (Å²) in [6, 6.07) is 0. The van der Waals surface area contributed by atoms with E-state index < -0.39 is 5.91 Å². The topological polar surface area (TPSA) is 166 Å². The number of carbonyl (C=O) groups excluding carboxylic acids is 1. The predicted octanol–water partition coefficient (Wildman–Crippen LogP) is 1.50. The van der Waals surface area contributed by atoms with Gasteiger partial charge in [0.2, 0.25) is 11.6 Å². The third-order valence-corrected chi connectivity index (χ3v) is 5.75. The van der Waals surface area contributed by atoms with Gasteiger partial charge in [-0.05, 0) is 13.8 Å². The van der Waals surface area contributed by atoms with Crippen LogP contribution < -0.4 is 5.73 Å². The Morgan fingerprint density at radius 1 is 1.28 bits per heavy atom. The van der Waals surface area contributed by atoms with Crippen molar-refractivity contribution in [3.63, 3.8) is 0 Å². The predicted molar refractivity (Wildman–Crippen MR) is 115 cm³/mol. The third-order valence-electron chi connectivity index (χ3n) is 4.91. The van der Waals surface area contributed by atoms with E-state index in [-0.39, 0.29) is 17.4 Å². The lowest BCUT2D eigenvalue weighted by atomic mass is 10.3. The van der Waals surface area contributed by atoms with Gasteiger partial charge in [0.1, 0.15) is 17.1 Å². The van der Waals surface area contributed by atoms with Crippen LogP contribution >= 0.6 is 11.3 Å². The molecule has 0 aliphatic heterocycles. The monoisotopic (exact) mass is 450 g/mol. The van der Waals surface area contributed by atoms with E-state index in [4.69, 9.17) is 5.73 Å². The summed E-state index contributed by atoms with van der Waals surface area (Å²) in [5.41, 5.74) is 7.95. The minimum Gasteiger partial charge on any atom is -0.504 e. The van der Waals surface area contributed by atoms with Crippen molar-refractivity contribution in [1.29, 1.82) is 0 Å². The van der Waals surface area contributed by atoms with Crippen molar-refractivity contribution in [2.24, 2.45) is 5.73 Å². The molecule has 5 aromatic rings. The molecule has 0 saturated heterocycles. The zero-order valence-corrected chi connectivity index (χ0v) is 18.0. The van der Waals surface area contributed by atoms with Crippen LogP contribution in [0.4, 0.5) is 0 Å². The molecule has 5 aromatic heterocycles. The highest BCUT2D eigenvalue weighted by Crippen LogP contribution is 2.31. The Balaban J connectivity index is 1.56. The quantitative estimate of drug-likeness (QED) is 0.350. The van der Waals surface area contributed by atoms with Crippen LogP contribution in [0.25, 0.3) is 28.6 Å². The molecule has 0 spiro atoms. The molecule has 0 saturated carbocycles. The number of carbonyl (C=O) groups is 1. The van der Waals surface area contributed by atoms with E-state index in [1.807, 2.05) is 5.38 Å². The number of aromatic amines is 1. The average molecular weight is 450 g/mol. The number of aromatic nitrogens is 9. The van der Waals surface area contributed by atoms with E-state index in [9.17, 15) is 9.90 Å². The van der Waals surface area contributed by atoms with Crippen molar-refractivity contribution in [3.8, 4) is 28.8 Å². The highest BCUT2D eigenvalue weighted by Gasteiger charge is 2.23. The zero-order chi connectivity index (χ0) is 22.4. The van der Waals surface area contributed by atoms with Crippen molar-refractivity contribution in [3.05, 3.63) is 46.2 Å². The number of nitrogens with one attached hydrogen (secondary N) is 1. The fourth-order valence-electron chi connectivity index (χ4n) is 3.44. The van der Waals surface area contributed by atoms with Gasteiger partial charge in [0.15, 0.2) is 11.6 Å². The molecule has 0 aliphatic rings. The summed E-state index contributed by atoms with van der Waals surface area (Å²) < 4.78 is 3.23. The molecule has 0 radical (unpaired) electrons. The maximum Gasteiger partial charge on any atom is 0.285 e. The van der Waals surface area contributed by atoms with Gasteiger partial charge in [-0.2, -0.15) is 10.2 Å². The molecule has 162 valence electrons. The van der Waals surface area contributed by atoms with Crippen LogP contribution in [0.15, 0.2) is 24.0 Å². The minimum atomic E-state index is -0.679. The second-order valence-electron chi connectivity index (χ2n) is 7.12. The molecule has 32 heavy (non-hydrogen) atoms. The Morgan fingerprint density at radius 2 is 2.12 bits per heavy atom. The highest BCUT2D eigenvalue weighted by atomic mass is 32.1. The molecular weight excluding hydrogens is 432 g/mol. The molecule has 13 heteroatoms. The number of amides is 1. The van der Waals surface area contributed by atoms with Crippen LogP contribution in [0.2, 0.25) is 0 Å². The Bertz CT molecular complexity index is 1450. The maximum absolute atomic E-state index is 11.9. The number of nitrogens with zero attached hydrogens (tertiary/aromatic N) is 8. The molecule has 5 rings (SSSR count). The second-order valence-corrected chi connectivity index (χ2v) is 8.10. The summed E-state index contributed by atoms with van der Waals surface area (Å²) in [5.74, 6) is -0.0590. The van der Waals surface area contributed by atoms with E-state index in [0.717, 1.165) is 5.01 Å². The van der Waals surface area contributed by atoms with Crippen molar-refractivity contribution in [1.82, 2.24) is 44.3 Å². The number of H-pyrrole nitrogens is 1. The number of hydrogen-bond donors (Lipinski definition) is 3. The standard InChI is InChI=1S/C19H18N10O2S/c1-9-8-28-11(7-22-9)13(23-19(28)16(20)31)17-24-18(26-25-17)14-15(30)10(2)27-29(14)5-3-12-21-4-6-32-12/h4,6-8,30H,3,5H2,1-2H3,(H2,20,31)(H,24,25,26). The minimum absolute atomic E-state index is 0.0108. The Kier molecular flexibility index (Phi) is 4.66. The number of rotatable bonds is 6. The lowest BCUT2D eigenvalue weighted by molar-refractivity contribution is 0.0990. The number of aromatic hydroxyl groups is 1. The maximum atomic E-state index is 11.9. The first-order chi connectivity index (χ1) is 15.4. The van der Waals surface area contributed by atoms with Gasteiger partial charge in [-0.25, -0.2) is 15.0 Å². The Hall–Kier alpha value is -4.13. The van der Waals surface area contributed by atoms with Crippen LogP contribution in [0.1, 0.15) is 27.0 Å². The number of thiazole rings is 1. The molecule has 0 fully saturated rings. The van der Waals surface area contributed by atoms with Crippen LogP contribution in [0, 0.1) is 13.8 Å². The first-order valence-corrected chi connectivity index (χ1v) is 10.5. The van der Waals surface area contributed by atoms with Gasteiger partial charge in [-0.3, -0.25) is 24.0 Å². The number of aryl methyl sites for hydroxylation is 4. The molecule has 0 bridgehead atoms. The van der Waals surface area contributed by atoms with Crippen LogP contribution in [-0.2, 0) is 13.0 Å². The van der Waals surface area contributed by atoms with E-state index in [2.05, 4.69) is 35.2 Å². The van der Waals surface area contributed by atoms with Crippen molar-refractivity contribution < 1.29 is 9.90 Å². The number of hydrogen-bond acceptors (Lipinski definition) is 9. The summed E-state index contributed by atoms with van der Waals surface area (Å²) in [4.78, 5) is 29.3. The molecular formula is C19H18N10O2S. The number of primary amides is 1. The average Bonchev–Trinajstić information content (AvgIpc) is 3.53. The molecule has 5 heterocycles. The largest absolute Gasteiger partial charge is 0.504 e. The first kappa shape index (κ1) is 19.8. The SMILES string of the molecule is Cc1cn2c(C(N)=O)nc(-c3n[nH]c(-c4c(O)c(C)nn4CCc4nccs4)n3)c2cn1. The zero-order valence-electron chi connectivity index (χ0n) is 17.1. The van der Waals surface area contributed by atoms with Gasteiger partial charge >= 0.3 is 0 Å². The first-order valence-electron chi connectivity index (χ1n) is 9.64. The third kappa shape index (κ3) is 3.28. The summed E-state index contributed by atoms with van der Waals surface area (Å²) in [6.07, 6.45) is 5.66. The number of imidazole rings is 1. The fraction of sp³-hybridized carbons (Fsp3) is 0.211. The lowest BCUT2D eigenvalue weighted by Gasteiger charge is -2.04. The number of nitrogens with two attached hydrogens (primary N) is 1. The van der Waals surface area contributed by atoms with E-state index in [0.29, 0.717) is 47.1 Å². The van der Waals surface area contributed by atoms with Crippen molar-refractivity contribution >= 4 is 22.8 Å². The van der Waals surface area contributed by atoms with Gasteiger partial charge in [0.25, 0.3) is 5.91 Å². The molecule has 0 atom stereocenters. The van der Waals surface area contributed by atoms with Gasteiger partial charge in [0, 0.05) is 30.7 Å². The summed E-state index contributed by atoms with van der Waals surface area (Å²) >= 11 is 1.56. The van der Waals surface area contributed by atoms with Crippen LogP contribution in [0.3, 0.4) is 0 Å². The summed E-state index contributed by atoms with van der Waals surface area (Å²) in [5, 5.41) is 25.0. The van der Waals surface area contributed by atoms with Crippen molar-refractivity contribution in [2.45, 2.75) is 26.8 Å². The lowest BCUT2D eigenvalue weighted by Crippen LogP contribution is -2.15. The molecule has 4 N–H and O–H groups in total. The Labute approximate surface area is 184 Å². The van der Waals surface area contributed by atoms with Gasteiger partial charge in [-0.1, -0.05) is 0 Å². The normalized spacial score (nSPS) is 11.4.